The largest absolute Gasteiger partial charge is 0.370 e. The maximum atomic E-state index is 13.6. The highest BCUT2D eigenvalue weighted by Crippen LogP contribution is 2.24. The second-order valence-electron chi connectivity index (χ2n) is 5.27. The van der Waals surface area contributed by atoms with Crippen LogP contribution in [0.2, 0.25) is 0 Å². The van der Waals surface area contributed by atoms with E-state index in [2.05, 4.69) is 29.1 Å². The highest BCUT2D eigenvalue weighted by atomic mass is 19.1. The first-order chi connectivity index (χ1) is 10.0. The van der Waals surface area contributed by atoms with Gasteiger partial charge in [0.25, 0.3) is 0 Å². The van der Waals surface area contributed by atoms with Crippen LogP contribution in [0.15, 0.2) is 18.2 Å². The van der Waals surface area contributed by atoms with Crippen LogP contribution in [0.25, 0.3) is 11.4 Å². The first kappa shape index (κ1) is 15.4. The van der Waals surface area contributed by atoms with Crippen molar-refractivity contribution in [3.8, 4) is 11.4 Å². The first-order valence-electron chi connectivity index (χ1n) is 7.44. The van der Waals surface area contributed by atoms with Crippen LogP contribution in [-0.2, 0) is 6.42 Å². The molecule has 1 aromatic heterocycles. The number of anilines is 1. The van der Waals surface area contributed by atoms with Crippen LogP contribution in [0.1, 0.15) is 37.1 Å². The molecule has 0 unspecified atom stereocenters. The van der Waals surface area contributed by atoms with Crippen molar-refractivity contribution in [3.63, 3.8) is 0 Å². The fourth-order valence-electron chi connectivity index (χ4n) is 2.32. The van der Waals surface area contributed by atoms with Crippen molar-refractivity contribution >= 4 is 5.82 Å². The van der Waals surface area contributed by atoms with Gasteiger partial charge in [0, 0.05) is 23.4 Å². The van der Waals surface area contributed by atoms with Gasteiger partial charge in [0.15, 0.2) is 5.82 Å². The quantitative estimate of drug-likeness (QED) is 0.891. The molecule has 0 radical (unpaired) electrons. The minimum Gasteiger partial charge on any atom is -0.370 e. The molecule has 112 valence electrons. The van der Waals surface area contributed by atoms with Crippen molar-refractivity contribution in [3.05, 3.63) is 40.8 Å². The Bertz CT molecular complexity index is 618. The van der Waals surface area contributed by atoms with Crippen LogP contribution >= 0.6 is 0 Å². The van der Waals surface area contributed by atoms with E-state index in [0.717, 1.165) is 47.6 Å². The molecule has 1 aromatic carbocycles. The average molecular weight is 287 g/mol. The summed E-state index contributed by atoms with van der Waals surface area (Å²) in [5, 5.41) is 3.33. The van der Waals surface area contributed by atoms with Gasteiger partial charge in [-0.15, -0.1) is 0 Å². The number of hydrogen-bond acceptors (Lipinski definition) is 3. The molecule has 4 heteroatoms. The number of benzene rings is 1. The lowest BCUT2D eigenvalue weighted by molar-refractivity contribution is 0.627. The summed E-state index contributed by atoms with van der Waals surface area (Å²) in [7, 11) is 0. The van der Waals surface area contributed by atoms with Gasteiger partial charge in [-0.05, 0) is 50.5 Å². The Kier molecular flexibility index (Phi) is 4.89. The molecule has 2 aromatic rings. The van der Waals surface area contributed by atoms with E-state index < -0.39 is 0 Å². The Morgan fingerprint density at radius 3 is 2.48 bits per heavy atom. The van der Waals surface area contributed by atoms with E-state index in [1.54, 1.807) is 0 Å². The number of halogens is 1. The van der Waals surface area contributed by atoms with E-state index in [9.17, 15) is 4.39 Å². The lowest BCUT2D eigenvalue weighted by Gasteiger charge is -2.13. The van der Waals surface area contributed by atoms with Gasteiger partial charge in [-0.25, -0.2) is 14.4 Å². The molecule has 2 rings (SSSR count). The van der Waals surface area contributed by atoms with Crippen molar-refractivity contribution < 1.29 is 4.39 Å². The number of nitrogens with one attached hydrogen (secondary N) is 1. The Labute approximate surface area is 125 Å². The van der Waals surface area contributed by atoms with Crippen molar-refractivity contribution in [1.82, 2.24) is 9.97 Å². The molecule has 0 aliphatic carbocycles. The average Bonchev–Trinajstić information content (AvgIpc) is 2.45. The minimum absolute atomic E-state index is 0.254. The molecule has 0 saturated carbocycles. The van der Waals surface area contributed by atoms with E-state index in [0.29, 0.717) is 5.82 Å². The third-order valence-corrected chi connectivity index (χ3v) is 3.42. The third kappa shape index (κ3) is 3.57. The van der Waals surface area contributed by atoms with Gasteiger partial charge < -0.3 is 5.32 Å². The van der Waals surface area contributed by atoms with Gasteiger partial charge in [0.05, 0.1) is 0 Å². The van der Waals surface area contributed by atoms with Crippen molar-refractivity contribution in [2.45, 2.75) is 40.5 Å². The summed E-state index contributed by atoms with van der Waals surface area (Å²) in [4.78, 5) is 9.18. The normalized spacial score (nSPS) is 10.7. The molecule has 0 spiro atoms. The maximum absolute atomic E-state index is 13.6. The topological polar surface area (TPSA) is 37.8 Å². The van der Waals surface area contributed by atoms with Crippen LogP contribution in [0.5, 0.6) is 0 Å². The zero-order valence-electron chi connectivity index (χ0n) is 13.1. The van der Waals surface area contributed by atoms with Gasteiger partial charge in [-0.2, -0.15) is 0 Å². The minimum atomic E-state index is -0.254. The summed E-state index contributed by atoms with van der Waals surface area (Å²) >= 11 is 0. The summed E-state index contributed by atoms with van der Waals surface area (Å²) in [5.41, 5.74) is 3.67. The van der Waals surface area contributed by atoms with Crippen molar-refractivity contribution in [2.24, 2.45) is 0 Å². The molecule has 0 aliphatic rings. The summed E-state index contributed by atoms with van der Waals surface area (Å²) < 4.78 is 13.6. The van der Waals surface area contributed by atoms with Crippen LogP contribution in [0.4, 0.5) is 10.2 Å². The van der Waals surface area contributed by atoms with Gasteiger partial charge in [0.2, 0.25) is 0 Å². The van der Waals surface area contributed by atoms with E-state index in [1.807, 2.05) is 19.9 Å². The van der Waals surface area contributed by atoms with Gasteiger partial charge in [-0.3, -0.25) is 0 Å². The molecule has 0 bridgehead atoms. The fourth-order valence-corrected chi connectivity index (χ4v) is 2.32. The third-order valence-electron chi connectivity index (χ3n) is 3.42. The molecule has 0 atom stereocenters. The van der Waals surface area contributed by atoms with E-state index in [1.165, 1.54) is 12.1 Å². The zero-order valence-corrected chi connectivity index (χ0v) is 13.1. The molecule has 0 saturated heterocycles. The van der Waals surface area contributed by atoms with Gasteiger partial charge in [0.1, 0.15) is 11.6 Å². The van der Waals surface area contributed by atoms with Crippen molar-refractivity contribution in [1.29, 1.82) is 0 Å². The highest BCUT2D eigenvalue weighted by Gasteiger charge is 2.12. The summed E-state index contributed by atoms with van der Waals surface area (Å²) in [6.07, 6.45) is 1.86. The second-order valence-corrected chi connectivity index (χ2v) is 5.27. The molecule has 1 heterocycles. The maximum Gasteiger partial charge on any atom is 0.161 e. The standard InChI is InChI=1S/C17H22FN3/c1-5-7-19-16-12(4)15(6-2)20-17(21-16)13-8-11(3)9-14(18)10-13/h8-10H,5-7H2,1-4H3,(H,19,20,21). The molecular formula is C17H22FN3. The van der Waals surface area contributed by atoms with Gasteiger partial charge >= 0.3 is 0 Å². The Morgan fingerprint density at radius 1 is 1.10 bits per heavy atom. The monoisotopic (exact) mass is 287 g/mol. The summed E-state index contributed by atoms with van der Waals surface area (Å²) in [5.74, 6) is 1.18. The number of aryl methyl sites for hydroxylation is 2. The number of nitrogens with zero attached hydrogens (tertiary/aromatic N) is 2. The van der Waals surface area contributed by atoms with E-state index >= 15 is 0 Å². The number of rotatable bonds is 5. The first-order valence-corrected chi connectivity index (χ1v) is 7.44. The fraction of sp³-hybridized carbons (Fsp3) is 0.412. The number of hydrogen-bond donors (Lipinski definition) is 1. The molecule has 21 heavy (non-hydrogen) atoms. The van der Waals surface area contributed by atoms with Gasteiger partial charge in [-0.1, -0.05) is 13.8 Å². The summed E-state index contributed by atoms with van der Waals surface area (Å²) in [6, 6.07) is 4.91. The second kappa shape index (κ2) is 6.66. The molecule has 0 aliphatic heterocycles. The Morgan fingerprint density at radius 2 is 1.86 bits per heavy atom. The highest BCUT2D eigenvalue weighted by molar-refractivity contribution is 5.60. The molecule has 3 nitrogen and oxygen atoms in total. The molecule has 1 N–H and O–H groups in total. The Hall–Kier alpha value is -1.97. The molecular weight excluding hydrogens is 265 g/mol. The number of aromatic nitrogens is 2. The van der Waals surface area contributed by atoms with Crippen LogP contribution in [0, 0.1) is 19.7 Å². The SMILES string of the molecule is CCCNc1nc(-c2cc(C)cc(F)c2)nc(CC)c1C. The predicted octanol–water partition coefficient (Wildman–Crippen LogP) is 4.28. The van der Waals surface area contributed by atoms with E-state index in [-0.39, 0.29) is 5.82 Å². The van der Waals surface area contributed by atoms with Crippen LogP contribution < -0.4 is 5.32 Å². The lowest BCUT2D eigenvalue weighted by Crippen LogP contribution is -2.08. The van der Waals surface area contributed by atoms with E-state index in [4.69, 9.17) is 0 Å². The summed E-state index contributed by atoms with van der Waals surface area (Å²) in [6.45, 7) is 8.94. The van der Waals surface area contributed by atoms with Crippen molar-refractivity contribution in [2.75, 3.05) is 11.9 Å². The zero-order chi connectivity index (χ0) is 15.4. The molecule has 0 fully saturated rings. The lowest BCUT2D eigenvalue weighted by atomic mass is 10.1. The Balaban J connectivity index is 2.52. The molecule has 0 amide bonds. The van der Waals surface area contributed by atoms with Crippen LogP contribution in [0.3, 0.4) is 0 Å². The van der Waals surface area contributed by atoms with Crippen LogP contribution in [-0.4, -0.2) is 16.5 Å². The smallest absolute Gasteiger partial charge is 0.161 e. The predicted molar refractivity (Wildman–Crippen MR) is 85.1 cm³/mol.